The van der Waals surface area contributed by atoms with E-state index in [-0.39, 0.29) is 117 Å². The molecule has 0 fully saturated rings. The minimum absolute atomic E-state index is 0. The van der Waals surface area contributed by atoms with Gasteiger partial charge in [-0.2, -0.15) is 18.7 Å². The number of fused-ring (bicyclic) bond motifs is 1. The van der Waals surface area contributed by atoms with Gasteiger partial charge < -0.3 is 29.2 Å². The number of anilines is 2. The molecule has 26 heteroatoms. The molecule has 1 heterocycles. The Morgan fingerprint density at radius 2 is 1.39 bits per heavy atom. The SMILES string of the molecule is O=S(=O)([O-])c1cc(S(=O)(=O)[O-])c2c(O)c(N=Nc3ccc(Nc4nc(F)nc(F)c4Cl)cc3O)c(S(=O)(=O)[O-])cc2c1.[Cu].[Na+].[Na+].[Na+]. The molecule has 4 rings (SSSR count). The number of halogens is 3. The van der Waals surface area contributed by atoms with Crippen LogP contribution in [0.15, 0.2) is 61.3 Å². The zero-order chi connectivity index (χ0) is 31.4. The van der Waals surface area contributed by atoms with Crippen LogP contribution in [0.2, 0.25) is 5.02 Å². The van der Waals surface area contributed by atoms with Crippen molar-refractivity contribution in [2.45, 2.75) is 14.7 Å². The van der Waals surface area contributed by atoms with Gasteiger partial charge in [0, 0.05) is 34.2 Å². The minimum Gasteiger partial charge on any atom is -0.744 e. The molecule has 0 spiro atoms. The third kappa shape index (κ3) is 10.2. The molecule has 0 aliphatic heterocycles. The van der Waals surface area contributed by atoms with E-state index < -0.39 is 102 Å². The zero-order valence-corrected chi connectivity index (χ0v) is 33.1. The van der Waals surface area contributed by atoms with E-state index in [1.54, 1.807) is 0 Å². The van der Waals surface area contributed by atoms with Crippen molar-refractivity contribution in [3.63, 3.8) is 0 Å². The molecule has 0 saturated heterocycles. The molecule has 0 aliphatic rings. The van der Waals surface area contributed by atoms with E-state index in [1.165, 1.54) is 0 Å². The molecule has 1 aromatic heterocycles. The number of aromatic hydroxyl groups is 2. The number of rotatable bonds is 7. The molecule has 3 N–H and O–H groups in total. The van der Waals surface area contributed by atoms with E-state index in [0.717, 1.165) is 18.2 Å². The quantitative estimate of drug-likeness (QED) is 0.0517. The van der Waals surface area contributed by atoms with Gasteiger partial charge in [0.05, 0.1) is 14.7 Å². The minimum atomic E-state index is -5.64. The van der Waals surface area contributed by atoms with Crippen molar-refractivity contribution in [2.24, 2.45) is 10.2 Å². The summed E-state index contributed by atoms with van der Waals surface area (Å²) in [7, 11) is -16.6. The number of phenols is 2. The van der Waals surface area contributed by atoms with Crippen molar-refractivity contribution in [1.29, 1.82) is 0 Å². The molecule has 0 amide bonds. The Bertz CT molecular complexity index is 2190. The summed E-state index contributed by atoms with van der Waals surface area (Å²) in [4.78, 5) is 1.89. The molecule has 3 aromatic carbocycles. The normalized spacial score (nSPS) is 11.6. The molecule has 16 nitrogen and oxygen atoms in total. The van der Waals surface area contributed by atoms with Crippen LogP contribution < -0.4 is 94.0 Å². The third-order valence-corrected chi connectivity index (χ3v) is 8.05. The van der Waals surface area contributed by atoms with Gasteiger partial charge in [-0.25, -0.2) is 25.3 Å². The van der Waals surface area contributed by atoms with Crippen LogP contribution in [-0.4, -0.2) is 59.1 Å². The van der Waals surface area contributed by atoms with Gasteiger partial charge in [0.25, 0.3) is 0 Å². The van der Waals surface area contributed by atoms with Crippen LogP contribution in [0.25, 0.3) is 10.8 Å². The van der Waals surface area contributed by atoms with E-state index in [0.29, 0.717) is 12.1 Å². The topological polar surface area (TPSA) is 275 Å². The van der Waals surface area contributed by atoms with Crippen molar-refractivity contribution in [2.75, 3.05) is 5.32 Å². The van der Waals surface area contributed by atoms with Crippen LogP contribution in [0.4, 0.5) is 31.7 Å². The first-order valence-electron chi connectivity index (χ1n) is 10.4. The van der Waals surface area contributed by atoms with Crippen LogP contribution in [0.3, 0.4) is 0 Å². The Morgan fingerprint density at radius 1 is 0.804 bits per heavy atom. The number of nitrogens with one attached hydrogen (secondary N) is 1. The second-order valence-corrected chi connectivity index (χ2v) is 12.4. The van der Waals surface area contributed by atoms with Crippen LogP contribution in [-0.2, 0) is 47.4 Å². The Kier molecular flexibility index (Phi) is 16.7. The second kappa shape index (κ2) is 16.9. The first kappa shape index (κ1) is 45.4. The predicted molar refractivity (Wildman–Crippen MR) is 132 cm³/mol. The molecule has 0 aliphatic carbocycles. The van der Waals surface area contributed by atoms with Gasteiger partial charge in [-0.05, 0) is 35.7 Å². The van der Waals surface area contributed by atoms with E-state index in [2.05, 4.69) is 25.5 Å². The number of aromatic nitrogens is 2. The fourth-order valence-electron chi connectivity index (χ4n) is 3.45. The third-order valence-electron chi connectivity index (χ3n) is 5.19. The molecule has 1 radical (unpaired) electrons. The fourth-order valence-corrected chi connectivity index (χ4v) is 5.58. The number of hydrogen-bond acceptors (Lipinski definition) is 16. The number of benzene rings is 3. The Labute approximate surface area is 340 Å². The summed E-state index contributed by atoms with van der Waals surface area (Å²) in [5, 5.41) is 27.8. The van der Waals surface area contributed by atoms with Crippen LogP contribution in [0, 0.1) is 12.0 Å². The number of hydrogen-bond donors (Lipinski definition) is 3. The number of nitrogens with zero attached hydrogens (tertiary/aromatic N) is 4. The zero-order valence-electron chi connectivity index (χ0n) is 23.0. The summed E-state index contributed by atoms with van der Waals surface area (Å²) in [6, 6.07) is 3.91. The maximum Gasteiger partial charge on any atom is 1.00 e. The average Bonchev–Trinajstić information content (AvgIpc) is 2.85. The summed E-state index contributed by atoms with van der Waals surface area (Å²) in [5.41, 5.74) is -1.78. The second-order valence-electron chi connectivity index (χ2n) is 7.93. The van der Waals surface area contributed by atoms with Gasteiger partial charge in [0.2, 0.25) is 5.95 Å². The van der Waals surface area contributed by atoms with Crippen LogP contribution in [0.1, 0.15) is 0 Å². The smallest absolute Gasteiger partial charge is 0.744 e. The average molecular weight is 797 g/mol. The molecule has 0 bridgehead atoms. The molecule has 233 valence electrons. The predicted octanol–water partition coefficient (Wildman–Crippen LogP) is -6.15. The van der Waals surface area contributed by atoms with E-state index >= 15 is 0 Å². The maximum absolute atomic E-state index is 13.5. The van der Waals surface area contributed by atoms with Crippen LogP contribution >= 0.6 is 11.6 Å². The van der Waals surface area contributed by atoms with Crippen LogP contribution in [0.5, 0.6) is 11.5 Å². The van der Waals surface area contributed by atoms with Crippen molar-refractivity contribution in [1.82, 2.24) is 9.97 Å². The molecule has 0 unspecified atom stereocenters. The largest absolute Gasteiger partial charge is 1.00 e. The van der Waals surface area contributed by atoms with Gasteiger partial charge in [0.1, 0.15) is 52.5 Å². The van der Waals surface area contributed by atoms with Crippen molar-refractivity contribution >= 4 is 75.6 Å². The van der Waals surface area contributed by atoms with Crippen molar-refractivity contribution in [3.05, 3.63) is 53.4 Å². The van der Waals surface area contributed by atoms with Gasteiger partial charge in [-0.3, -0.25) is 0 Å². The standard InChI is InChI=1S/C20H12ClF2N5O11S3.Cu.3Na/c21-15-18(22)25-20(23)26-19(15)24-8-1-2-10(11(29)5-8)27-28-16-13(42(37,38)39)4-7-3-9(40(31,32)33)6-12(41(34,35)36)14(7)17(16)30;;;;/h1-6,29-30H,(H,24,25,26)(H,31,32,33)(H,34,35,36)(H,37,38,39);;;;/q;;3*+1/p-3. The van der Waals surface area contributed by atoms with Gasteiger partial charge in [-0.1, -0.05) is 11.6 Å². The number of phenolic OH excluding ortho intramolecular Hbond substituents is 2. The van der Waals surface area contributed by atoms with Crippen molar-refractivity contribution < 1.29 is 164 Å². The van der Waals surface area contributed by atoms with E-state index in [9.17, 15) is 57.9 Å². The Hall–Kier alpha value is -0.601. The summed E-state index contributed by atoms with van der Waals surface area (Å²) in [6.45, 7) is 0. The molecular weight excluding hydrogens is 788 g/mol. The van der Waals surface area contributed by atoms with E-state index in [1.807, 2.05) is 0 Å². The Morgan fingerprint density at radius 3 is 1.91 bits per heavy atom. The molecule has 0 saturated carbocycles. The first-order chi connectivity index (χ1) is 19.3. The summed E-state index contributed by atoms with van der Waals surface area (Å²) < 4.78 is 132. The summed E-state index contributed by atoms with van der Waals surface area (Å²) in [5.74, 6) is -4.09. The fraction of sp³-hybridized carbons (Fsp3) is 0. The number of azo groups is 1. The van der Waals surface area contributed by atoms with Gasteiger partial charge in [0.15, 0.2) is 11.6 Å². The van der Waals surface area contributed by atoms with Crippen molar-refractivity contribution in [3.8, 4) is 11.5 Å². The summed E-state index contributed by atoms with van der Waals surface area (Å²) in [6.07, 6.45) is -1.47. The summed E-state index contributed by atoms with van der Waals surface area (Å²) >= 11 is 5.66. The monoisotopic (exact) mass is 796 g/mol. The maximum atomic E-state index is 13.5. The van der Waals surface area contributed by atoms with Gasteiger partial charge >= 0.3 is 94.8 Å². The molecule has 4 aromatic rings. The van der Waals surface area contributed by atoms with Gasteiger partial charge in [-0.15, -0.1) is 10.2 Å². The Balaban J connectivity index is 0.00000506. The first-order valence-corrected chi connectivity index (χ1v) is 15.0. The molecule has 46 heavy (non-hydrogen) atoms. The molecule has 0 atom stereocenters. The molecular formula is C20H9ClCuF2N5Na3O11S3. The van der Waals surface area contributed by atoms with E-state index in [4.69, 9.17) is 11.6 Å².